The number of benzene rings is 1. The van der Waals surface area contributed by atoms with E-state index in [-0.39, 0.29) is 11.6 Å². The van der Waals surface area contributed by atoms with E-state index < -0.39 is 11.6 Å². The number of pyridine rings is 1. The smallest absolute Gasteiger partial charge is 0.226 e. The lowest BCUT2D eigenvalue weighted by Gasteiger charge is -2.07. The van der Waals surface area contributed by atoms with E-state index in [1.54, 1.807) is 18.2 Å². The first-order valence-electron chi connectivity index (χ1n) is 4.91. The van der Waals surface area contributed by atoms with Crippen LogP contribution in [0.4, 0.5) is 8.78 Å². The molecule has 0 bridgehead atoms. The predicted molar refractivity (Wildman–Crippen MR) is 60.8 cm³/mol. The van der Waals surface area contributed by atoms with E-state index in [0.717, 1.165) is 12.1 Å². The number of aromatic nitrogens is 1. The molecule has 0 N–H and O–H groups in total. The highest BCUT2D eigenvalue weighted by molar-refractivity contribution is 5.53. The van der Waals surface area contributed by atoms with Gasteiger partial charge in [0.15, 0.2) is 11.6 Å². The van der Waals surface area contributed by atoms with Crippen molar-refractivity contribution >= 4 is 6.08 Å². The van der Waals surface area contributed by atoms with Crippen LogP contribution in [0, 0.1) is 11.6 Å². The molecular weight excluding hydrogens is 224 g/mol. The van der Waals surface area contributed by atoms with Gasteiger partial charge >= 0.3 is 0 Å². The predicted octanol–water partition coefficient (Wildman–Crippen LogP) is 3.80. The van der Waals surface area contributed by atoms with E-state index in [1.807, 2.05) is 0 Å². The van der Waals surface area contributed by atoms with Crippen molar-refractivity contribution in [3.8, 4) is 11.6 Å². The Morgan fingerprint density at radius 2 is 2.06 bits per heavy atom. The second-order valence-electron chi connectivity index (χ2n) is 3.28. The van der Waals surface area contributed by atoms with Crippen LogP contribution in [0.25, 0.3) is 6.08 Å². The number of rotatable bonds is 3. The molecule has 0 aliphatic heterocycles. The standard InChI is InChI=1S/C13H9F2NO/c1-2-9-4-3-7-16-13(9)17-12-6-5-10(14)8-11(12)15/h2-8H,1H2. The Labute approximate surface area is 97.2 Å². The van der Waals surface area contributed by atoms with Gasteiger partial charge in [0.25, 0.3) is 0 Å². The zero-order valence-electron chi connectivity index (χ0n) is 8.86. The fourth-order valence-corrected chi connectivity index (χ4v) is 1.31. The second kappa shape index (κ2) is 4.74. The maximum absolute atomic E-state index is 13.4. The van der Waals surface area contributed by atoms with Crippen molar-refractivity contribution in [1.82, 2.24) is 4.98 Å². The van der Waals surface area contributed by atoms with Crippen LogP contribution in [0.2, 0.25) is 0 Å². The minimum absolute atomic E-state index is 0.0757. The number of halogens is 2. The van der Waals surface area contributed by atoms with Gasteiger partial charge in [-0.25, -0.2) is 13.8 Å². The van der Waals surface area contributed by atoms with Gasteiger partial charge in [-0.15, -0.1) is 0 Å². The Hall–Kier alpha value is -2.23. The Morgan fingerprint density at radius 3 is 2.76 bits per heavy atom. The van der Waals surface area contributed by atoms with Crippen LogP contribution in [0.5, 0.6) is 11.6 Å². The molecular formula is C13H9F2NO. The quantitative estimate of drug-likeness (QED) is 0.804. The molecule has 2 aromatic rings. The Morgan fingerprint density at radius 1 is 1.24 bits per heavy atom. The van der Waals surface area contributed by atoms with Gasteiger partial charge in [-0.05, 0) is 24.3 Å². The van der Waals surface area contributed by atoms with Gasteiger partial charge in [0.2, 0.25) is 5.88 Å². The molecule has 2 nitrogen and oxygen atoms in total. The molecule has 0 atom stereocenters. The van der Waals surface area contributed by atoms with Crippen molar-refractivity contribution in [1.29, 1.82) is 0 Å². The highest BCUT2D eigenvalue weighted by Gasteiger charge is 2.08. The molecule has 17 heavy (non-hydrogen) atoms. The summed E-state index contributed by atoms with van der Waals surface area (Å²) in [6.45, 7) is 3.60. The number of nitrogens with zero attached hydrogens (tertiary/aromatic N) is 1. The van der Waals surface area contributed by atoms with E-state index in [2.05, 4.69) is 11.6 Å². The number of ether oxygens (including phenoxy) is 1. The molecule has 0 aliphatic rings. The lowest BCUT2D eigenvalue weighted by molar-refractivity contribution is 0.423. The highest BCUT2D eigenvalue weighted by atomic mass is 19.1. The fourth-order valence-electron chi connectivity index (χ4n) is 1.31. The van der Waals surface area contributed by atoms with E-state index in [1.165, 1.54) is 12.3 Å². The Bertz CT molecular complexity index is 555. The van der Waals surface area contributed by atoms with Crippen LogP contribution in [-0.4, -0.2) is 4.98 Å². The summed E-state index contributed by atoms with van der Waals surface area (Å²) in [5.74, 6) is -1.27. The average Bonchev–Trinajstić information content (AvgIpc) is 2.33. The molecule has 4 heteroatoms. The summed E-state index contributed by atoms with van der Waals surface area (Å²) < 4.78 is 31.3. The van der Waals surface area contributed by atoms with Crippen molar-refractivity contribution in [2.24, 2.45) is 0 Å². The van der Waals surface area contributed by atoms with Crippen molar-refractivity contribution in [3.05, 3.63) is 60.3 Å². The third-order valence-electron chi connectivity index (χ3n) is 2.12. The summed E-state index contributed by atoms with van der Waals surface area (Å²) in [4.78, 5) is 3.95. The van der Waals surface area contributed by atoms with Crippen LogP contribution >= 0.6 is 0 Å². The van der Waals surface area contributed by atoms with Gasteiger partial charge in [-0.2, -0.15) is 0 Å². The SMILES string of the molecule is C=Cc1cccnc1Oc1ccc(F)cc1F. The minimum atomic E-state index is -0.773. The normalized spacial score (nSPS) is 10.0. The van der Waals surface area contributed by atoms with Gasteiger partial charge in [0.1, 0.15) is 5.82 Å². The average molecular weight is 233 g/mol. The first-order chi connectivity index (χ1) is 8.20. The Balaban J connectivity index is 2.34. The topological polar surface area (TPSA) is 22.1 Å². The summed E-state index contributed by atoms with van der Waals surface area (Å²) in [5.41, 5.74) is 0.635. The molecule has 0 amide bonds. The highest BCUT2D eigenvalue weighted by Crippen LogP contribution is 2.26. The summed E-state index contributed by atoms with van der Waals surface area (Å²) in [6.07, 6.45) is 3.06. The van der Waals surface area contributed by atoms with Crippen LogP contribution in [-0.2, 0) is 0 Å². The molecule has 2 rings (SSSR count). The van der Waals surface area contributed by atoms with E-state index in [0.29, 0.717) is 5.56 Å². The van der Waals surface area contributed by atoms with Gasteiger partial charge < -0.3 is 4.74 Å². The van der Waals surface area contributed by atoms with Gasteiger partial charge in [-0.3, -0.25) is 0 Å². The second-order valence-corrected chi connectivity index (χ2v) is 3.28. The molecule has 0 unspecified atom stereocenters. The third-order valence-corrected chi connectivity index (χ3v) is 2.12. The molecule has 0 saturated heterocycles. The molecule has 1 heterocycles. The lowest BCUT2D eigenvalue weighted by atomic mass is 10.2. The van der Waals surface area contributed by atoms with E-state index >= 15 is 0 Å². The first-order valence-corrected chi connectivity index (χ1v) is 4.91. The molecule has 0 spiro atoms. The maximum atomic E-state index is 13.4. The maximum Gasteiger partial charge on any atom is 0.226 e. The molecule has 1 aromatic heterocycles. The van der Waals surface area contributed by atoms with Crippen molar-refractivity contribution in [2.75, 3.05) is 0 Å². The molecule has 0 saturated carbocycles. The van der Waals surface area contributed by atoms with Crippen LogP contribution < -0.4 is 4.74 Å². The third kappa shape index (κ3) is 2.47. The van der Waals surface area contributed by atoms with Crippen molar-refractivity contribution in [2.45, 2.75) is 0 Å². The number of hydrogen-bond acceptors (Lipinski definition) is 2. The minimum Gasteiger partial charge on any atom is -0.435 e. The summed E-state index contributed by atoms with van der Waals surface area (Å²) in [5, 5.41) is 0. The number of hydrogen-bond donors (Lipinski definition) is 0. The van der Waals surface area contributed by atoms with E-state index in [9.17, 15) is 8.78 Å². The van der Waals surface area contributed by atoms with E-state index in [4.69, 9.17) is 4.74 Å². The largest absolute Gasteiger partial charge is 0.435 e. The van der Waals surface area contributed by atoms with Gasteiger partial charge in [0.05, 0.1) is 0 Å². The molecule has 0 fully saturated rings. The van der Waals surface area contributed by atoms with Gasteiger partial charge in [-0.1, -0.05) is 12.7 Å². The van der Waals surface area contributed by atoms with Crippen LogP contribution in [0.3, 0.4) is 0 Å². The zero-order chi connectivity index (χ0) is 12.3. The summed E-state index contributed by atoms with van der Waals surface area (Å²) in [6, 6.07) is 6.54. The summed E-state index contributed by atoms with van der Waals surface area (Å²) in [7, 11) is 0. The molecule has 0 aliphatic carbocycles. The monoisotopic (exact) mass is 233 g/mol. The van der Waals surface area contributed by atoms with Crippen molar-refractivity contribution < 1.29 is 13.5 Å². The fraction of sp³-hybridized carbons (Fsp3) is 0. The van der Waals surface area contributed by atoms with Crippen LogP contribution in [0.1, 0.15) is 5.56 Å². The molecule has 1 aromatic carbocycles. The van der Waals surface area contributed by atoms with Crippen LogP contribution in [0.15, 0.2) is 43.1 Å². The molecule has 86 valence electrons. The zero-order valence-corrected chi connectivity index (χ0v) is 8.86. The first kappa shape index (κ1) is 11.3. The van der Waals surface area contributed by atoms with Gasteiger partial charge in [0, 0.05) is 17.8 Å². The lowest BCUT2D eigenvalue weighted by Crippen LogP contribution is -1.93. The molecule has 0 radical (unpaired) electrons. The Kier molecular flexibility index (Phi) is 3.14. The van der Waals surface area contributed by atoms with Crippen molar-refractivity contribution in [3.63, 3.8) is 0 Å². The summed E-state index contributed by atoms with van der Waals surface area (Å²) >= 11 is 0.